The van der Waals surface area contributed by atoms with Gasteiger partial charge in [0.2, 0.25) is 0 Å². The maximum Gasteiger partial charge on any atom is 0.274 e. The Morgan fingerprint density at radius 2 is 1.73 bits per heavy atom. The molecule has 0 aliphatic carbocycles. The summed E-state index contributed by atoms with van der Waals surface area (Å²) in [7, 11) is 0. The smallest absolute Gasteiger partial charge is 0.274 e. The molecule has 5 heteroatoms. The molecule has 1 aromatic carbocycles. The number of amides is 1. The van der Waals surface area contributed by atoms with E-state index >= 15 is 0 Å². The molecule has 0 bridgehead atoms. The average Bonchev–Trinajstić information content (AvgIpc) is 2.84. The van der Waals surface area contributed by atoms with Gasteiger partial charge in [0.05, 0.1) is 11.3 Å². The maximum absolute atomic E-state index is 12.2. The molecule has 2 aromatic rings. The van der Waals surface area contributed by atoms with E-state index in [2.05, 4.69) is 39.7 Å². The van der Waals surface area contributed by atoms with Gasteiger partial charge in [-0.25, -0.2) is 5.43 Å². The minimum absolute atomic E-state index is 0.250. The summed E-state index contributed by atoms with van der Waals surface area (Å²) in [6.45, 7) is 7.76. The van der Waals surface area contributed by atoms with E-state index in [9.17, 15) is 4.79 Å². The lowest BCUT2D eigenvalue weighted by Crippen LogP contribution is -2.23. The molecule has 1 N–H and O–H groups in total. The van der Waals surface area contributed by atoms with Gasteiger partial charge in [-0.2, -0.15) is 5.10 Å². The average molecular weight is 353 g/mol. The fourth-order valence-electron chi connectivity index (χ4n) is 3.36. The van der Waals surface area contributed by atoms with Crippen LogP contribution in [-0.4, -0.2) is 24.7 Å². The molecule has 1 aliphatic rings. The number of hydrazone groups is 1. The van der Waals surface area contributed by atoms with Crippen LogP contribution in [-0.2, 0) is 0 Å². The van der Waals surface area contributed by atoms with Gasteiger partial charge in [0.25, 0.3) is 5.91 Å². The highest BCUT2D eigenvalue weighted by Gasteiger charge is 2.13. The van der Waals surface area contributed by atoms with E-state index in [1.54, 1.807) is 13.0 Å². The Kier molecular flexibility index (Phi) is 5.76. The number of carbonyl (C=O) groups excluding carboxylic acids is 1. The minimum Gasteiger partial charge on any atom is -0.466 e. The van der Waals surface area contributed by atoms with Crippen molar-refractivity contribution < 1.29 is 9.21 Å². The minimum atomic E-state index is -0.250. The summed E-state index contributed by atoms with van der Waals surface area (Å²) >= 11 is 0. The first-order chi connectivity index (χ1) is 12.5. The summed E-state index contributed by atoms with van der Waals surface area (Å²) in [6.07, 6.45) is 5.19. The molecule has 5 nitrogen and oxygen atoms in total. The van der Waals surface area contributed by atoms with Crippen molar-refractivity contribution >= 4 is 17.3 Å². The van der Waals surface area contributed by atoms with Crippen LogP contribution in [0.4, 0.5) is 5.69 Å². The normalized spacial score (nSPS) is 15.7. The lowest BCUT2D eigenvalue weighted by molar-refractivity contribution is 0.0953. The van der Waals surface area contributed by atoms with Gasteiger partial charge in [-0.15, -0.1) is 0 Å². The molecule has 3 rings (SSSR count). The van der Waals surface area contributed by atoms with Crippen LogP contribution in [0.5, 0.6) is 0 Å². The molecule has 0 saturated carbocycles. The third-order valence-electron chi connectivity index (χ3n) is 4.87. The number of carbonyl (C=O) groups is 1. The largest absolute Gasteiger partial charge is 0.466 e. The van der Waals surface area contributed by atoms with E-state index in [0.717, 1.165) is 30.1 Å². The van der Waals surface area contributed by atoms with E-state index in [0.29, 0.717) is 11.3 Å². The number of nitrogens with one attached hydrogen (secondary N) is 1. The Bertz CT molecular complexity index is 782. The van der Waals surface area contributed by atoms with Gasteiger partial charge in [0, 0.05) is 18.8 Å². The van der Waals surface area contributed by atoms with Crippen LogP contribution in [0.2, 0.25) is 0 Å². The third-order valence-corrected chi connectivity index (χ3v) is 4.87. The molecule has 1 aliphatic heterocycles. The van der Waals surface area contributed by atoms with Gasteiger partial charge in [0.1, 0.15) is 11.5 Å². The van der Waals surface area contributed by atoms with Crippen molar-refractivity contribution in [3.05, 3.63) is 53.0 Å². The molecular weight excluding hydrogens is 326 g/mol. The van der Waals surface area contributed by atoms with Gasteiger partial charge >= 0.3 is 0 Å². The first-order valence-corrected chi connectivity index (χ1v) is 9.31. The van der Waals surface area contributed by atoms with E-state index in [4.69, 9.17) is 4.42 Å². The predicted octanol–water partition coefficient (Wildman–Crippen LogP) is 4.43. The Balaban J connectivity index is 1.65. The van der Waals surface area contributed by atoms with Crippen LogP contribution in [0.25, 0.3) is 0 Å². The standard InChI is InChI=1S/C21H27N3O2/c1-15-14-20(17(3)26-15)21(25)23-22-16(2)18-8-10-19(11-9-18)24-12-6-4-5-7-13-24/h8-11,14H,4-7,12-13H2,1-3H3,(H,23,25)/b22-16-. The van der Waals surface area contributed by atoms with E-state index in [1.165, 1.54) is 31.4 Å². The van der Waals surface area contributed by atoms with Crippen molar-refractivity contribution in [3.8, 4) is 0 Å². The van der Waals surface area contributed by atoms with Crippen LogP contribution >= 0.6 is 0 Å². The molecule has 0 unspecified atom stereocenters. The number of hydrogen-bond acceptors (Lipinski definition) is 4. The number of nitrogens with zero attached hydrogens (tertiary/aromatic N) is 2. The monoisotopic (exact) mass is 353 g/mol. The summed E-state index contributed by atoms with van der Waals surface area (Å²) < 4.78 is 5.39. The van der Waals surface area contributed by atoms with E-state index in [1.807, 2.05) is 13.8 Å². The van der Waals surface area contributed by atoms with Crippen molar-refractivity contribution in [2.45, 2.75) is 46.5 Å². The number of furan rings is 1. The van der Waals surface area contributed by atoms with Gasteiger partial charge < -0.3 is 9.32 Å². The number of benzene rings is 1. The number of anilines is 1. The molecule has 1 amide bonds. The topological polar surface area (TPSA) is 57.8 Å². The lowest BCUT2D eigenvalue weighted by Gasteiger charge is -2.22. The van der Waals surface area contributed by atoms with Gasteiger partial charge in [-0.3, -0.25) is 4.79 Å². The second-order valence-electron chi connectivity index (χ2n) is 6.91. The molecule has 0 spiro atoms. The second kappa shape index (κ2) is 8.21. The molecule has 138 valence electrons. The zero-order valence-corrected chi connectivity index (χ0v) is 15.8. The second-order valence-corrected chi connectivity index (χ2v) is 6.91. The molecule has 26 heavy (non-hydrogen) atoms. The summed E-state index contributed by atoms with van der Waals surface area (Å²) in [5.41, 5.74) is 6.18. The molecule has 1 fully saturated rings. The van der Waals surface area contributed by atoms with Crippen molar-refractivity contribution in [1.29, 1.82) is 0 Å². The Morgan fingerprint density at radius 3 is 2.31 bits per heavy atom. The summed E-state index contributed by atoms with van der Waals surface area (Å²) in [4.78, 5) is 14.7. The van der Waals surface area contributed by atoms with E-state index in [-0.39, 0.29) is 5.91 Å². The highest BCUT2D eigenvalue weighted by Crippen LogP contribution is 2.20. The lowest BCUT2D eigenvalue weighted by atomic mass is 10.1. The fourth-order valence-corrected chi connectivity index (χ4v) is 3.36. The maximum atomic E-state index is 12.2. The predicted molar refractivity (Wildman–Crippen MR) is 105 cm³/mol. The zero-order chi connectivity index (χ0) is 18.5. The first-order valence-electron chi connectivity index (χ1n) is 9.31. The number of aryl methyl sites for hydroxylation is 2. The van der Waals surface area contributed by atoms with Gasteiger partial charge in [-0.05, 0) is 57.4 Å². The molecule has 2 heterocycles. The molecule has 0 atom stereocenters. The van der Waals surface area contributed by atoms with Crippen molar-refractivity contribution in [3.63, 3.8) is 0 Å². The van der Waals surface area contributed by atoms with Crippen LogP contribution in [0, 0.1) is 13.8 Å². The van der Waals surface area contributed by atoms with Crippen molar-refractivity contribution in [2.24, 2.45) is 5.10 Å². The Labute approximate surface area is 155 Å². The van der Waals surface area contributed by atoms with Crippen LogP contribution in [0.1, 0.15) is 60.0 Å². The third kappa shape index (κ3) is 4.34. The highest BCUT2D eigenvalue weighted by molar-refractivity contribution is 6.01. The highest BCUT2D eigenvalue weighted by atomic mass is 16.3. The molecule has 0 radical (unpaired) electrons. The molecule has 1 aromatic heterocycles. The SMILES string of the molecule is C/C(=N/NC(=O)c1cc(C)oc1C)c1ccc(N2CCCCCC2)cc1. The molecular formula is C21H27N3O2. The zero-order valence-electron chi connectivity index (χ0n) is 15.8. The van der Waals surface area contributed by atoms with Gasteiger partial charge in [0.15, 0.2) is 0 Å². The number of hydrogen-bond donors (Lipinski definition) is 1. The van der Waals surface area contributed by atoms with Gasteiger partial charge in [-0.1, -0.05) is 25.0 Å². The van der Waals surface area contributed by atoms with E-state index < -0.39 is 0 Å². The van der Waals surface area contributed by atoms with Crippen LogP contribution in [0.3, 0.4) is 0 Å². The number of rotatable bonds is 4. The fraction of sp³-hybridized carbons (Fsp3) is 0.429. The van der Waals surface area contributed by atoms with Crippen LogP contribution < -0.4 is 10.3 Å². The molecule has 1 saturated heterocycles. The quantitative estimate of drug-likeness (QED) is 0.653. The Hall–Kier alpha value is -2.56. The first kappa shape index (κ1) is 18.2. The Morgan fingerprint density at radius 1 is 1.08 bits per heavy atom. The summed E-state index contributed by atoms with van der Waals surface area (Å²) in [5.74, 6) is 1.08. The summed E-state index contributed by atoms with van der Waals surface area (Å²) in [6, 6.07) is 10.2. The van der Waals surface area contributed by atoms with Crippen LogP contribution in [0.15, 0.2) is 39.9 Å². The summed E-state index contributed by atoms with van der Waals surface area (Å²) in [5, 5.41) is 4.24. The van der Waals surface area contributed by atoms with Crippen molar-refractivity contribution in [1.82, 2.24) is 5.43 Å². The van der Waals surface area contributed by atoms with Crippen molar-refractivity contribution in [2.75, 3.05) is 18.0 Å².